The molecule has 154 valence electrons. The minimum atomic E-state index is 0.00312. The number of fused-ring (bicyclic) bond motifs is 2. The van der Waals surface area contributed by atoms with E-state index in [9.17, 15) is 4.79 Å². The van der Waals surface area contributed by atoms with Gasteiger partial charge in [-0.05, 0) is 36.4 Å². The van der Waals surface area contributed by atoms with E-state index in [-0.39, 0.29) is 5.78 Å². The molecule has 0 amide bonds. The lowest BCUT2D eigenvalue weighted by atomic mass is 9.86. The van der Waals surface area contributed by atoms with Gasteiger partial charge in [0.25, 0.3) is 0 Å². The summed E-state index contributed by atoms with van der Waals surface area (Å²) >= 11 is 0. The van der Waals surface area contributed by atoms with Crippen molar-refractivity contribution in [3.05, 3.63) is 77.0 Å². The Morgan fingerprint density at radius 1 is 0.700 bits per heavy atom. The Morgan fingerprint density at radius 3 is 1.67 bits per heavy atom. The molecule has 2 aromatic carbocycles. The second-order valence-electron chi connectivity index (χ2n) is 8.20. The van der Waals surface area contributed by atoms with Crippen LogP contribution in [0.15, 0.2) is 65.9 Å². The van der Waals surface area contributed by atoms with Crippen LogP contribution in [0.4, 0.5) is 11.4 Å². The molecule has 0 aromatic heterocycles. The smallest absolute Gasteiger partial charge is 0.188 e. The van der Waals surface area contributed by atoms with Gasteiger partial charge in [0, 0.05) is 99.8 Å². The van der Waals surface area contributed by atoms with Crippen LogP contribution in [0, 0.1) is 0 Å². The summed E-state index contributed by atoms with van der Waals surface area (Å²) in [5, 5.41) is 0. The molecule has 0 fully saturated rings. The third kappa shape index (κ3) is 3.36. The predicted octanol–water partition coefficient (Wildman–Crippen LogP) is 4.31. The van der Waals surface area contributed by atoms with E-state index in [4.69, 9.17) is 4.74 Å². The number of hydrogen-bond donors (Lipinski definition) is 0. The number of ketones is 1. The standard InChI is InChI=1S/C25H27N3O2/c1-26(2)16-7-10-19(22(29)13-16)25-20-11-8-17(27(3)4)14-23(20)30-24-15-18(28(5)6)9-12-21(24)25/h7-15H,1-6H3. The minimum absolute atomic E-state index is 0.00312. The molecular weight excluding hydrogens is 374 g/mol. The van der Waals surface area contributed by atoms with Crippen LogP contribution < -0.4 is 14.5 Å². The fraction of sp³-hybridized carbons (Fsp3) is 0.240. The van der Waals surface area contributed by atoms with Gasteiger partial charge in [-0.25, -0.2) is 0 Å². The summed E-state index contributed by atoms with van der Waals surface area (Å²) in [5.41, 5.74) is 6.44. The number of anilines is 2. The average molecular weight is 402 g/mol. The summed E-state index contributed by atoms with van der Waals surface area (Å²) in [4.78, 5) is 19.1. The third-order valence-electron chi connectivity index (χ3n) is 5.47. The molecule has 0 atom stereocenters. The highest BCUT2D eigenvalue weighted by molar-refractivity contribution is 6.16. The van der Waals surface area contributed by atoms with Crippen LogP contribution >= 0.6 is 0 Å². The van der Waals surface area contributed by atoms with Crippen LogP contribution in [0.5, 0.6) is 11.5 Å². The lowest BCUT2D eigenvalue weighted by Gasteiger charge is -2.28. The van der Waals surface area contributed by atoms with Gasteiger partial charge in [0.05, 0.1) is 0 Å². The Kier molecular flexibility index (Phi) is 4.90. The molecule has 30 heavy (non-hydrogen) atoms. The molecule has 4 rings (SSSR count). The first-order valence-corrected chi connectivity index (χ1v) is 9.93. The molecule has 0 unspecified atom stereocenters. The van der Waals surface area contributed by atoms with Crippen molar-refractivity contribution in [1.82, 2.24) is 4.90 Å². The van der Waals surface area contributed by atoms with Crippen LogP contribution in [-0.2, 0) is 4.79 Å². The maximum atomic E-state index is 13.1. The van der Waals surface area contributed by atoms with Crippen molar-refractivity contribution in [2.75, 3.05) is 52.1 Å². The summed E-state index contributed by atoms with van der Waals surface area (Å²) < 4.78 is 6.33. The number of likely N-dealkylation sites (N-methyl/N-ethyl adjacent to an activating group) is 1. The minimum Gasteiger partial charge on any atom is -0.456 e. The topological polar surface area (TPSA) is 36.0 Å². The van der Waals surface area contributed by atoms with Gasteiger partial charge >= 0.3 is 0 Å². The highest BCUT2D eigenvalue weighted by atomic mass is 16.5. The van der Waals surface area contributed by atoms with Crippen molar-refractivity contribution >= 4 is 22.7 Å². The first-order valence-electron chi connectivity index (χ1n) is 9.93. The highest BCUT2D eigenvalue weighted by Gasteiger charge is 2.28. The molecule has 5 nitrogen and oxygen atoms in total. The molecule has 0 saturated heterocycles. The first-order chi connectivity index (χ1) is 14.3. The molecular formula is C25H27N3O2. The molecule has 0 N–H and O–H groups in total. The van der Waals surface area contributed by atoms with Gasteiger partial charge in [-0.3, -0.25) is 4.79 Å². The van der Waals surface area contributed by atoms with Gasteiger partial charge in [-0.15, -0.1) is 0 Å². The number of allylic oxidation sites excluding steroid dienone is 4. The van der Waals surface area contributed by atoms with Gasteiger partial charge in [0.1, 0.15) is 11.5 Å². The van der Waals surface area contributed by atoms with Gasteiger partial charge < -0.3 is 19.4 Å². The fourth-order valence-electron chi connectivity index (χ4n) is 3.71. The Balaban J connectivity index is 1.95. The maximum absolute atomic E-state index is 13.1. The van der Waals surface area contributed by atoms with Crippen molar-refractivity contribution in [3.8, 4) is 11.5 Å². The maximum Gasteiger partial charge on any atom is 0.188 e. The lowest BCUT2D eigenvalue weighted by Crippen LogP contribution is -2.17. The zero-order valence-corrected chi connectivity index (χ0v) is 18.4. The van der Waals surface area contributed by atoms with Gasteiger partial charge in [0.15, 0.2) is 5.78 Å². The van der Waals surface area contributed by atoms with E-state index in [1.807, 2.05) is 93.4 Å². The van der Waals surface area contributed by atoms with Gasteiger partial charge in [-0.2, -0.15) is 0 Å². The average Bonchev–Trinajstić information content (AvgIpc) is 2.71. The number of nitrogens with zero attached hydrogens (tertiary/aromatic N) is 3. The Labute approximate surface area is 178 Å². The van der Waals surface area contributed by atoms with E-state index in [2.05, 4.69) is 12.1 Å². The summed E-state index contributed by atoms with van der Waals surface area (Å²) in [6.45, 7) is 0. The fourth-order valence-corrected chi connectivity index (χ4v) is 3.71. The van der Waals surface area contributed by atoms with Crippen molar-refractivity contribution in [2.45, 2.75) is 0 Å². The van der Waals surface area contributed by atoms with Crippen LogP contribution in [0.3, 0.4) is 0 Å². The summed E-state index contributed by atoms with van der Waals surface area (Å²) in [6.07, 6.45) is 5.60. The van der Waals surface area contributed by atoms with Crippen LogP contribution in [-0.4, -0.2) is 53.0 Å². The molecule has 0 radical (unpaired) electrons. The number of carbonyl (C=O) groups excluding carboxylic acids is 1. The zero-order valence-electron chi connectivity index (χ0n) is 18.4. The second-order valence-corrected chi connectivity index (χ2v) is 8.20. The van der Waals surface area contributed by atoms with Crippen LogP contribution in [0.1, 0.15) is 11.1 Å². The molecule has 1 aliphatic heterocycles. The van der Waals surface area contributed by atoms with E-state index in [1.165, 1.54) is 0 Å². The normalized spacial score (nSPS) is 14.6. The molecule has 2 aromatic rings. The summed E-state index contributed by atoms with van der Waals surface area (Å²) in [7, 11) is 11.9. The molecule has 0 bridgehead atoms. The number of ether oxygens (including phenoxy) is 1. The monoisotopic (exact) mass is 401 g/mol. The predicted molar refractivity (Wildman–Crippen MR) is 124 cm³/mol. The SMILES string of the molecule is CN(C)C1=CC(=O)C(=C2c3ccc(N(C)C)cc3Oc3cc(N(C)C)ccc32)C=C1. The lowest BCUT2D eigenvalue weighted by molar-refractivity contribution is -0.111. The number of benzene rings is 2. The van der Waals surface area contributed by atoms with E-state index >= 15 is 0 Å². The van der Waals surface area contributed by atoms with E-state index in [0.717, 1.165) is 45.3 Å². The molecule has 5 heteroatoms. The van der Waals surface area contributed by atoms with Crippen LogP contribution in [0.25, 0.3) is 5.57 Å². The Morgan fingerprint density at radius 2 is 1.23 bits per heavy atom. The highest BCUT2D eigenvalue weighted by Crippen LogP contribution is 2.47. The van der Waals surface area contributed by atoms with Crippen molar-refractivity contribution in [3.63, 3.8) is 0 Å². The summed E-state index contributed by atoms with van der Waals surface area (Å²) in [6, 6.07) is 12.3. The number of rotatable bonds is 3. The Bertz CT molecular complexity index is 1060. The molecule has 0 spiro atoms. The van der Waals surface area contributed by atoms with Gasteiger partial charge in [-0.1, -0.05) is 0 Å². The van der Waals surface area contributed by atoms with E-state index < -0.39 is 0 Å². The third-order valence-corrected chi connectivity index (χ3v) is 5.47. The molecule has 0 saturated carbocycles. The molecule has 1 aliphatic carbocycles. The molecule has 2 aliphatic rings. The van der Waals surface area contributed by atoms with Crippen LogP contribution in [0.2, 0.25) is 0 Å². The second kappa shape index (κ2) is 7.41. The van der Waals surface area contributed by atoms with Crippen molar-refractivity contribution in [2.24, 2.45) is 0 Å². The quantitative estimate of drug-likeness (QED) is 0.611. The number of hydrogen-bond acceptors (Lipinski definition) is 5. The zero-order chi connectivity index (χ0) is 21.6. The van der Waals surface area contributed by atoms with Crippen molar-refractivity contribution < 1.29 is 9.53 Å². The largest absolute Gasteiger partial charge is 0.456 e. The summed E-state index contributed by atoms with van der Waals surface area (Å²) in [5.74, 6) is 1.52. The number of carbonyl (C=O) groups is 1. The van der Waals surface area contributed by atoms with E-state index in [0.29, 0.717) is 5.57 Å². The van der Waals surface area contributed by atoms with Crippen molar-refractivity contribution in [1.29, 1.82) is 0 Å². The Hall–Kier alpha value is -3.47. The van der Waals surface area contributed by atoms with E-state index in [1.54, 1.807) is 6.08 Å². The van der Waals surface area contributed by atoms with Gasteiger partial charge in [0.2, 0.25) is 0 Å². The molecule has 1 heterocycles. The first kappa shape index (κ1) is 19.8.